The Hall–Kier alpha value is -1.68. The van der Waals surface area contributed by atoms with Gasteiger partial charge in [-0.15, -0.1) is 0 Å². The molecule has 2 N–H and O–H groups in total. The van der Waals surface area contributed by atoms with Crippen LogP contribution in [0.5, 0.6) is 0 Å². The average Bonchev–Trinajstić information content (AvgIpc) is 2.79. The minimum atomic E-state index is 0.0381. The molecule has 1 aromatic carbocycles. The van der Waals surface area contributed by atoms with Crippen LogP contribution in [0.1, 0.15) is 11.5 Å². The van der Waals surface area contributed by atoms with Crippen LogP contribution in [0, 0.1) is 0 Å². The van der Waals surface area contributed by atoms with Crippen molar-refractivity contribution in [2.45, 2.75) is 12.5 Å². The van der Waals surface area contributed by atoms with Crippen molar-refractivity contribution in [3.05, 3.63) is 54.4 Å². The van der Waals surface area contributed by atoms with Crippen LogP contribution in [0.15, 0.2) is 48.8 Å². The quantitative estimate of drug-likeness (QED) is 0.818. The number of rotatable bonds is 4. The SMILES string of the molecule is NC(=S)C(Cn1cccn1)c1ccccc1. The third-order valence-electron chi connectivity index (χ3n) is 2.47. The van der Waals surface area contributed by atoms with Gasteiger partial charge in [-0.05, 0) is 11.6 Å². The molecule has 3 nitrogen and oxygen atoms in total. The molecular formula is C12H13N3S. The molecule has 0 bridgehead atoms. The summed E-state index contributed by atoms with van der Waals surface area (Å²) in [6.45, 7) is 0.687. The maximum atomic E-state index is 5.78. The molecule has 0 radical (unpaired) electrons. The van der Waals surface area contributed by atoms with Crippen molar-refractivity contribution in [2.24, 2.45) is 5.73 Å². The Bertz CT molecular complexity index is 450. The number of aromatic nitrogens is 2. The lowest BCUT2D eigenvalue weighted by atomic mass is 9.99. The number of hydrogen-bond acceptors (Lipinski definition) is 2. The van der Waals surface area contributed by atoms with Crippen LogP contribution in [-0.2, 0) is 6.54 Å². The fraction of sp³-hybridized carbons (Fsp3) is 0.167. The molecule has 0 spiro atoms. The Morgan fingerprint density at radius 2 is 2.06 bits per heavy atom. The zero-order valence-corrected chi connectivity index (χ0v) is 9.60. The number of nitrogens with two attached hydrogens (primary N) is 1. The Labute approximate surface area is 99.9 Å². The first-order valence-electron chi connectivity index (χ1n) is 5.09. The van der Waals surface area contributed by atoms with Crippen molar-refractivity contribution in [1.82, 2.24) is 9.78 Å². The van der Waals surface area contributed by atoms with E-state index in [4.69, 9.17) is 18.0 Å². The van der Waals surface area contributed by atoms with E-state index in [1.54, 1.807) is 6.20 Å². The molecule has 82 valence electrons. The van der Waals surface area contributed by atoms with Gasteiger partial charge < -0.3 is 5.73 Å². The fourth-order valence-corrected chi connectivity index (χ4v) is 1.85. The number of benzene rings is 1. The molecule has 0 aliphatic carbocycles. The second-order valence-corrected chi connectivity index (χ2v) is 4.07. The van der Waals surface area contributed by atoms with Crippen LogP contribution in [0.3, 0.4) is 0 Å². The highest BCUT2D eigenvalue weighted by atomic mass is 32.1. The molecule has 1 atom stereocenters. The minimum absolute atomic E-state index is 0.0381. The summed E-state index contributed by atoms with van der Waals surface area (Å²) in [4.78, 5) is 0.502. The molecule has 1 unspecified atom stereocenters. The summed E-state index contributed by atoms with van der Waals surface area (Å²) >= 11 is 5.11. The first kappa shape index (κ1) is 10.8. The van der Waals surface area contributed by atoms with E-state index in [1.807, 2.05) is 47.3 Å². The first-order chi connectivity index (χ1) is 7.77. The van der Waals surface area contributed by atoms with Crippen molar-refractivity contribution in [1.29, 1.82) is 0 Å². The van der Waals surface area contributed by atoms with E-state index in [0.717, 1.165) is 5.56 Å². The maximum Gasteiger partial charge on any atom is 0.0822 e. The van der Waals surface area contributed by atoms with Gasteiger partial charge in [0.25, 0.3) is 0 Å². The first-order valence-corrected chi connectivity index (χ1v) is 5.50. The summed E-state index contributed by atoms with van der Waals surface area (Å²) in [5, 5.41) is 4.17. The zero-order valence-electron chi connectivity index (χ0n) is 8.78. The van der Waals surface area contributed by atoms with Crippen LogP contribution in [0.4, 0.5) is 0 Å². The Morgan fingerprint density at radius 1 is 1.31 bits per heavy atom. The largest absolute Gasteiger partial charge is 0.393 e. The van der Waals surface area contributed by atoms with E-state index in [-0.39, 0.29) is 5.92 Å². The van der Waals surface area contributed by atoms with Crippen LogP contribution in [0.2, 0.25) is 0 Å². The van der Waals surface area contributed by atoms with Crippen LogP contribution >= 0.6 is 12.2 Å². The molecule has 1 heterocycles. The minimum Gasteiger partial charge on any atom is -0.393 e. The molecule has 2 rings (SSSR count). The smallest absolute Gasteiger partial charge is 0.0822 e. The molecule has 0 amide bonds. The van der Waals surface area contributed by atoms with Gasteiger partial charge in [0.05, 0.1) is 17.5 Å². The van der Waals surface area contributed by atoms with Gasteiger partial charge in [-0.25, -0.2) is 0 Å². The average molecular weight is 231 g/mol. The van der Waals surface area contributed by atoms with Crippen LogP contribution in [0.25, 0.3) is 0 Å². The van der Waals surface area contributed by atoms with Gasteiger partial charge >= 0.3 is 0 Å². The summed E-state index contributed by atoms with van der Waals surface area (Å²) < 4.78 is 1.84. The molecule has 16 heavy (non-hydrogen) atoms. The third-order valence-corrected chi connectivity index (χ3v) is 2.76. The lowest BCUT2D eigenvalue weighted by Crippen LogP contribution is -2.24. The molecule has 0 aliphatic rings. The summed E-state index contributed by atoms with van der Waals surface area (Å²) in [5.74, 6) is 0.0381. The van der Waals surface area contributed by atoms with E-state index >= 15 is 0 Å². The topological polar surface area (TPSA) is 43.8 Å². The molecule has 0 aliphatic heterocycles. The lowest BCUT2D eigenvalue weighted by Gasteiger charge is -2.15. The van der Waals surface area contributed by atoms with Gasteiger partial charge in [0.15, 0.2) is 0 Å². The third kappa shape index (κ3) is 2.46. The van der Waals surface area contributed by atoms with Crippen molar-refractivity contribution < 1.29 is 0 Å². The van der Waals surface area contributed by atoms with Gasteiger partial charge in [0, 0.05) is 12.4 Å². The van der Waals surface area contributed by atoms with Crippen molar-refractivity contribution >= 4 is 17.2 Å². The highest BCUT2D eigenvalue weighted by Gasteiger charge is 2.14. The van der Waals surface area contributed by atoms with E-state index < -0.39 is 0 Å². The number of thiocarbonyl (C=S) groups is 1. The summed E-state index contributed by atoms with van der Waals surface area (Å²) in [7, 11) is 0. The Morgan fingerprint density at radius 3 is 2.62 bits per heavy atom. The van der Waals surface area contributed by atoms with Crippen molar-refractivity contribution in [2.75, 3.05) is 0 Å². The summed E-state index contributed by atoms with van der Waals surface area (Å²) in [6.07, 6.45) is 3.66. The second kappa shape index (κ2) is 4.90. The zero-order chi connectivity index (χ0) is 11.4. The van der Waals surface area contributed by atoms with Gasteiger partial charge in [0.2, 0.25) is 0 Å². The Kier molecular flexibility index (Phi) is 3.31. The van der Waals surface area contributed by atoms with E-state index in [9.17, 15) is 0 Å². The molecule has 0 saturated carbocycles. The van der Waals surface area contributed by atoms with Crippen molar-refractivity contribution in [3.8, 4) is 0 Å². The molecular weight excluding hydrogens is 218 g/mol. The van der Waals surface area contributed by atoms with Gasteiger partial charge in [-0.3, -0.25) is 4.68 Å². The monoisotopic (exact) mass is 231 g/mol. The molecule has 4 heteroatoms. The standard InChI is InChI=1S/C12H13N3S/c13-12(16)11(9-15-8-4-7-14-15)10-5-2-1-3-6-10/h1-8,11H,9H2,(H2,13,16). The normalized spacial score (nSPS) is 12.2. The molecule has 0 fully saturated rings. The summed E-state index contributed by atoms with van der Waals surface area (Å²) in [5.41, 5.74) is 6.91. The highest BCUT2D eigenvalue weighted by Crippen LogP contribution is 2.17. The second-order valence-electron chi connectivity index (χ2n) is 3.59. The molecule has 2 aromatic rings. The van der Waals surface area contributed by atoms with Gasteiger partial charge in [0.1, 0.15) is 0 Å². The summed E-state index contributed by atoms with van der Waals surface area (Å²) in [6, 6.07) is 11.9. The maximum absolute atomic E-state index is 5.78. The predicted molar refractivity (Wildman–Crippen MR) is 68.2 cm³/mol. The van der Waals surface area contributed by atoms with Gasteiger partial charge in [-0.1, -0.05) is 42.5 Å². The number of nitrogens with zero attached hydrogens (tertiary/aromatic N) is 2. The fourth-order valence-electron chi connectivity index (χ4n) is 1.64. The highest BCUT2D eigenvalue weighted by molar-refractivity contribution is 7.80. The van der Waals surface area contributed by atoms with Crippen molar-refractivity contribution in [3.63, 3.8) is 0 Å². The van der Waals surface area contributed by atoms with E-state index in [2.05, 4.69) is 5.10 Å². The Balaban J connectivity index is 2.22. The molecule has 1 aromatic heterocycles. The van der Waals surface area contributed by atoms with E-state index in [0.29, 0.717) is 11.5 Å². The van der Waals surface area contributed by atoms with E-state index in [1.165, 1.54) is 0 Å². The number of hydrogen-bond donors (Lipinski definition) is 1. The van der Waals surface area contributed by atoms with Gasteiger partial charge in [-0.2, -0.15) is 5.10 Å². The predicted octanol–water partition coefficient (Wildman–Crippen LogP) is 1.95. The molecule has 0 saturated heterocycles. The van der Waals surface area contributed by atoms with Crippen LogP contribution < -0.4 is 5.73 Å². The lowest BCUT2D eigenvalue weighted by molar-refractivity contribution is 0.590. The van der Waals surface area contributed by atoms with Crippen LogP contribution in [-0.4, -0.2) is 14.8 Å².